The van der Waals surface area contributed by atoms with Crippen molar-refractivity contribution in [3.8, 4) is 0 Å². The molecule has 1 fully saturated rings. The zero-order valence-corrected chi connectivity index (χ0v) is 10.5. The quantitative estimate of drug-likeness (QED) is 0.720. The second-order valence-electron chi connectivity index (χ2n) is 5.80. The van der Waals surface area contributed by atoms with Gasteiger partial charge in [0, 0.05) is 24.6 Å². The van der Waals surface area contributed by atoms with Crippen LogP contribution >= 0.6 is 0 Å². The van der Waals surface area contributed by atoms with E-state index in [0.717, 1.165) is 18.3 Å². The van der Waals surface area contributed by atoms with Gasteiger partial charge >= 0.3 is 0 Å². The molecule has 2 heteroatoms. The molecule has 0 heterocycles. The van der Waals surface area contributed by atoms with Gasteiger partial charge in [-0.3, -0.25) is 0 Å². The predicted molar refractivity (Wildman–Crippen MR) is 67.2 cm³/mol. The molecule has 0 bridgehead atoms. The Kier molecular flexibility index (Phi) is 4.04. The van der Waals surface area contributed by atoms with E-state index in [1.807, 2.05) is 0 Å². The number of hydrogen-bond acceptors (Lipinski definition) is 2. The molecule has 2 rings (SSSR count). The number of nitrogens with one attached hydrogen (secondary N) is 1. The first-order valence-corrected chi connectivity index (χ1v) is 6.74. The van der Waals surface area contributed by atoms with Gasteiger partial charge in [0.2, 0.25) is 0 Å². The smallest absolute Gasteiger partial charge is 0.0494 e. The van der Waals surface area contributed by atoms with E-state index in [4.69, 9.17) is 5.11 Å². The Morgan fingerprint density at radius 1 is 1.12 bits per heavy atom. The van der Waals surface area contributed by atoms with E-state index < -0.39 is 0 Å². The molecule has 2 nitrogen and oxygen atoms in total. The summed E-state index contributed by atoms with van der Waals surface area (Å²) in [5, 5.41) is 12.8. The summed E-state index contributed by atoms with van der Waals surface area (Å²) in [5.41, 5.74) is 0. The van der Waals surface area contributed by atoms with Crippen molar-refractivity contribution in [1.82, 2.24) is 5.32 Å². The minimum absolute atomic E-state index is 0.298. The fourth-order valence-electron chi connectivity index (χ4n) is 3.04. The molecule has 92 valence electrons. The lowest BCUT2D eigenvalue weighted by Crippen LogP contribution is -2.41. The van der Waals surface area contributed by atoms with Crippen molar-refractivity contribution < 1.29 is 5.11 Å². The minimum Gasteiger partial charge on any atom is -0.396 e. The van der Waals surface area contributed by atoms with Gasteiger partial charge in [0.05, 0.1) is 0 Å². The fourth-order valence-corrected chi connectivity index (χ4v) is 3.04. The third kappa shape index (κ3) is 2.86. The molecule has 5 atom stereocenters. The van der Waals surface area contributed by atoms with E-state index in [2.05, 4.69) is 31.3 Å². The standard InChI is InChI=1S/C14H25NO/c1-10-3-5-13(7-11(10)2)15-14-6-4-12(8-14)9-16/h4,6,10-16H,3,5,7-9H2,1-2H3/t10?,11?,12-,13?,14+/m0/s1. The molecule has 0 spiro atoms. The van der Waals surface area contributed by atoms with Gasteiger partial charge in [-0.1, -0.05) is 26.0 Å². The van der Waals surface area contributed by atoms with Crippen molar-refractivity contribution in [2.45, 2.75) is 51.6 Å². The third-order valence-corrected chi connectivity index (χ3v) is 4.45. The van der Waals surface area contributed by atoms with Crippen LogP contribution in [0, 0.1) is 17.8 Å². The van der Waals surface area contributed by atoms with Gasteiger partial charge in [0.25, 0.3) is 0 Å². The molecule has 0 aromatic heterocycles. The van der Waals surface area contributed by atoms with E-state index in [1.54, 1.807) is 0 Å². The van der Waals surface area contributed by atoms with Crippen LogP contribution in [0.4, 0.5) is 0 Å². The number of hydrogen-bond donors (Lipinski definition) is 2. The molecule has 1 saturated carbocycles. The van der Waals surface area contributed by atoms with Gasteiger partial charge in [-0.05, 0) is 37.5 Å². The van der Waals surface area contributed by atoms with Crippen molar-refractivity contribution in [3.63, 3.8) is 0 Å². The molecule has 0 radical (unpaired) electrons. The average molecular weight is 223 g/mol. The maximum Gasteiger partial charge on any atom is 0.0494 e. The molecule has 2 aliphatic rings. The third-order valence-electron chi connectivity index (χ3n) is 4.45. The zero-order chi connectivity index (χ0) is 11.5. The first-order valence-electron chi connectivity index (χ1n) is 6.74. The molecule has 16 heavy (non-hydrogen) atoms. The van der Waals surface area contributed by atoms with E-state index in [-0.39, 0.29) is 0 Å². The first kappa shape index (κ1) is 12.1. The maximum absolute atomic E-state index is 9.09. The van der Waals surface area contributed by atoms with Crippen LogP contribution in [0.3, 0.4) is 0 Å². The SMILES string of the molecule is CC1CCC(N[C@@H]2C=C[C@H](CO)C2)CC1C. The first-order chi connectivity index (χ1) is 7.69. The summed E-state index contributed by atoms with van der Waals surface area (Å²) in [6.45, 7) is 5.05. The number of aliphatic hydroxyl groups excluding tert-OH is 1. The molecule has 0 aliphatic heterocycles. The highest BCUT2D eigenvalue weighted by atomic mass is 16.3. The van der Waals surface area contributed by atoms with Gasteiger partial charge in [-0.2, -0.15) is 0 Å². The largest absolute Gasteiger partial charge is 0.396 e. The lowest BCUT2D eigenvalue weighted by Gasteiger charge is -2.34. The molecule has 0 amide bonds. The average Bonchev–Trinajstić information content (AvgIpc) is 2.71. The Hall–Kier alpha value is -0.340. The normalized spacial score (nSPS) is 43.8. The highest BCUT2D eigenvalue weighted by Gasteiger charge is 2.27. The van der Waals surface area contributed by atoms with Crippen molar-refractivity contribution in [2.24, 2.45) is 17.8 Å². The summed E-state index contributed by atoms with van der Waals surface area (Å²) in [6, 6.07) is 1.20. The van der Waals surface area contributed by atoms with Crippen LogP contribution < -0.4 is 5.32 Å². The number of aliphatic hydroxyl groups is 1. The Morgan fingerprint density at radius 2 is 1.94 bits per heavy atom. The summed E-state index contributed by atoms with van der Waals surface area (Å²) in [4.78, 5) is 0. The van der Waals surface area contributed by atoms with E-state index in [9.17, 15) is 0 Å². The van der Waals surface area contributed by atoms with Crippen molar-refractivity contribution in [1.29, 1.82) is 0 Å². The van der Waals surface area contributed by atoms with Crippen LogP contribution in [0.5, 0.6) is 0 Å². The lowest BCUT2D eigenvalue weighted by atomic mass is 9.79. The van der Waals surface area contributed by atoms with Gasteiger partial charge < -0.3 is 10.4 Å². The summed E-state index contributed by atoms with van der Waals surface area (Å²) in [5.74, 6) is 2.13. The summed E-state index contributed by atoms with van der Waals surface area (Å²) in [6.07, 6.45) is 9.47. The van der Waals surface area contributed by atoms with Crippen molar-refractivity contribution >= 4 is 0 Å². The topological polar surface area (TPSA) is 32.3 Å². The van der Waals surface area contributed by atoms with Gasteiger partial charge in [-0.15, -0.1) is 0 Å². The van der Waals surface area contributed by atoms with Crippen LogP contribution in [-0.2, 0) is 0 Å². The lowest BCUT2D eigenvalue weighted by molar-refractivity contribution is 0.211. The Balaban J connectivity index is 1.77. The molecule has 3 unspecified atom stereocenters. The number of rotatable bonds is 3. The monoisotopic (exact) mass is 223 g/mol. The Bertz CT molecular complexity index is 251. The molecule has 2 aliphatic carbocycles. The van der Waals surface area contributed by atoms with E-state index >= 15 is 0 Å². The van der Waals surface area contributed by atoms with E-state index in [1.165, 1.54) is 19.3 Å². The maximum atomic E-state index is 9.09. The molecule has 0 saturated heterocycles. The van der Waals surface area contributed by atoms with Gasteiger partial charge in [0.1, 0.15) is 0 Å². The van der Waals surface area contributed by atoms with Crippen LogP contribution in [0.25, 0.3) is 0 Å². The van der Waals surface area contributed by atoms with Crippen LogP contribution in [0.1, 0.15) is 39.5 Å². The van der Waals surface area contributed by atoms with Crippen molar-refractivity contribution in [2.75, 3.05) is 6.61 Å². The molecule has 2 N–H and O–H groups in total. The Labute approximate surface area is 99.1 Å². The molecule has 0 aromatic carbocycles. The highest BCUT2D eigenvalue weighted by molar-refractivity contribution is 5.06. The van der Waals surface area contributed by atoms with Gasteiger partial charge in [-0.25, -0.2) is 0 Å². The molecular weight excluding hydrogens is 198 g/mol. The van der Waals surface area contributed by atoms with Crippen LogP contribution in [0.2, 0.25) is 0 Å². The van der Waals surface area contributed by atoms with Crippen LogP contribution in [0.15, 0.2) is 12.2 Å². The van der Waals surface area contributed by atoms with Gasteiger partial charge in [0.15, 0.2) is 0 Å². The molecule has 0 aromatic rings. The molecular formula is C14H25NO. The van der Waals surface area contributed by atoms with Crippen molar-refractivity contribution in [3.05, 3.63) is 12.2 Å². The summed E-state index contributed by atoms with van der Waals surface area (Å²) in [7, 11) is 0. The summed E-state index contributed by atoms with van der Waals surface area (Å²) < 4.78 is 0. The highest BCUT2D eigenvalue weighted by Crippen LogP contribution is 2.30. The van der Waals surface area contributed by atoms with E-state index in [0.29, 0.717) is 24.6 Å². The zero-order valence-electron chi connectivity index (χ0n) is 10.5. The fraction of sp³-hybridized carbons (Fsp3) is 0.857. The Morgan fingerprint density at radius 3 is 2.56 bits per heavy atom. The second kappa shape index (κ2) is 5.33. The summed E-state index contributed by atoms with van der Waals surface area (Å²) >= 11 is 0. The van der Waals surface area contributed by atoms with Crippen LogP contribution in [-0.4, -0.2) is 23.8 Å². The minimum atomic E-state index is 0.298. The predicted octanol–water partition coefficient (Wildman–Crippen LogP) is 2.34. The second-order valence-corrected chi connectivity index (χ2v) is 5.80.